The molecule has 58 heavy (non-hydrogen) atoms. The highest BCUT2D eigenvalue weighted by Crippen LogP contribution is 2.55. The number of nitrogens with one attached hydrogen (secondary N) is 1. The SMILES string of the molecule is O=C1CC[C@H](N2Cc3cc(N4CCN(CC5CCN(c6ccc([C@@H]7c8ccc(O)cc8C(F)(F)C[C@@H]7c7ccc(F)c(F)c7)cc6)CC5)CC4)ccc3C2=O)C(=O)N1. The number of aromatic hydroxyl groups is 1. The summed E-state index contributed by atoms with van der Waals surface area (Å²) in [6.45, 7) is 6.77. The van der Waals surface area contributed by atoms with E-state index in [4.69, 9.17) is 0 Å². The summed E-state index contributed by atoms with van der Waals surface area (Å²) in [4.78, 5) is 46.0. The number of carbonyl (C=O) groups is 3. The van der Waals surface area contributed by atoms with Crippen LogP contribution in [0.5, 0.6) is 5.75 Å². The van der Waals surface area contributed by atoms with Crippen LogP contribution < -0.4 is 15.1 Å². The number of phenolic OH excluding ortho intramolecular Hbond substituents is 1. The molecule has 4 heterocycles. The summed E-state index contributed by atoms with van der Waals surface area (Å²) in [5.74, 6) is -7.31. The molecule has 3 atom stereocenters. The van der Waals surface area contributed by atoms with Gasteiger partial charge in [-0.3, -0.25) is 24.6 Å². The number of hydrogen-bond donors (Lipinski definition) is 2. The van der Waals surface area contributed by atoms with E-state index in [1.807, 2.05) is 36.4 Å². The van der Waals surface area contributed by atoms with E-state index in [0.29, 0.717) is 35.6 Å². The summed E-state index contributed by atoms with van der Waals surface area (Å²) < 4.78 is 59.4. The number of fused-ring (bicyclic) bond motifs is 2. The Hall–Kier alpha value is -5.43. The molecular weight excluding hydrogens is 751 g/mol. The van der Waals surface area contributed by atoms with E-state index in [9.17, 15) is 28.3 Å². The molecule has 2 N–H and O–H groups in total. The molecule has 5 aliphatic rings. The lowest BCUT2D eigenvalue weighted by atomic mass is 9.68. The van der Waals surface area contributed by atoms with Crippen LogP contribution in [-0.4, -0.2) is 84.5 Å². The highest BCUT2D eigenvalue weighted by molar-refractivity contribution is 6.05. The maximum Gasteiger partial charge on any atom is 0.274 e. The molecule has 4 aromatic rings. The number of imide groups is 1. The van der Waals surface area contributed by atoms with E-state index in [0.717, 1.165) is 99.4 Å². The first-order chi connectivity index (χ1) is 27.9. The first-order valence-corrected chi connectivity index (χ1v) is 20.2. The molecule has 3 fully saturated rings. The highest BCUT2D eigenvalue weighted by Gasteiger charge is 2.47. The monoisotopic (exact) mass is 795 g/mol. The normalized spacial score (nSPS) is 23.8. The van der Waals surface area contributed by atoms with Gasteiger partial charge in [0.2, 0.25) is 11.8 Å². The Bertz CT molecular complexity index is 2250. The van der Waals surface area contributed by atoms with Gasteiger partial charge in [0.1, 0.15) is 11.8 Å². The van der Waals surface area contributed by atoms with Gasteiger partial charge < -0.3 is 19.8 Å². The summed E-state index contributed by atoms with van der Waals surface area (Å²) >= 11 is 0. The molecule has 1 aliphatic carbocycles. The maximum absolute atomic E-state index is 15.6. The zero-order chi connectivity index (χ0) is 40.3. The van der Waals surface area contributed by atoms with E-state index in [1.165, 1.54) is 18.2 Å². The van der Waals surface area contributed by atoms with Crippen LogP contribution in [-0.2, 0) is 22.1 Å². The first kappa shape index (κ1) is 38.1. The fourth-order valence-corrected chi connectivity index (χ4v) is 9.90. The Morgan fingerprint density at radius 3 is 2.17 bits per heavy atom. The van der Waals surface area contributed by atoms with Gasteiger partial charge >= 0.3 is 0 Å². The van der Waals surface area contributed by atoms with Gasteiger partial charge in [0.15, 0.2) is 11.6 Å². The number of benzene rings is 4. The first-order valence-electron chi connectivity index (χ1n) is 20.2. The predicted octanol–water partition coefficient (Wildman–Crippen LogP) is 6.88. The number of halogens is 4. The van der Waals surface area contributed by atoms with E-state index >= 15 is 8.78 Å². The number of amides is 3. The van der Waals surface area contributed by atoms with Crippen molar-refractivity contribution in [1.82, 2.24) is 15.1 Å². The van der Waals surface area contributed by atoms with Crippen molar-refractivity contribution < 1.29 is 37.1 Å². The third-order valence-corrected chi connectivity index (χ3v) is 13.0. The number of carbonyl (C=O) groups excluding carboxylic acids is 3. The van der Waals surface area contributed by atoms with E-state index in [2.05, 4.69) is 26.1 Å². The lowest BCUT2D eigenvalue weighted by molar-refractivity contribution is -0.136. The van der Waals surface area contributed by atoms with Crippen LogP contribution in [0.3, 0.4) is 0 Å². The highest BCUT2D eigenvalue weighted by atomic mass is 19.3. The van der Waals surface area contributed by atoms with Crippen LogP contribution >= 0.6 is 0 Å². The van der Waals surface area contributed by atoms with E-state index in [-0.39, 0.29) is 29.5 Å². The summed E-state index contributed by atoms with van der Waals surface area (Å²) in [7, 11) is 0. The number of phenols is 1. The molecule has 9 rings (SSSR count). The number of piperazine rings is 1. The zero-order valence-corrected chi connectivity index (χ0v) is 32.0. The Kier molecular flexibility index (Phi) is 9.90. The summed E-state index contributed by atoms with van der Waals surface area (Å²) in [5, 5.41) is 12.5. The quantitative estimate of drug-likeness (QED) is 0.156. The topological polar surface area (TPSA) is 96.4 Å². The Morgan fingerprint density at radius 1 is 0.741 bits per heavy atom. The standard InChI is InChI=1S/C45H45F4N5O4/c46-38-10-3-29(22-39(38)47)36-24-45(48,49)37-23-33(55)7-9-35(37)42(36)28-1-4-31(5-2-28)52-15-13-27(14-16-52)25-51-17-19-53(20-18-51)32-6-8-34-30(21-32)26-54(44(34)58)40-11-12-41(56)50-43(40)57/h1-10,21-23,27,36,40,42,55H,11-20,24-26H2,(H,50,56,57)/t36-,40+,42-/m1/s1. The largest absolute Gasteiger partial charge is 0.508 e. The van der Waals surface area contributed by atoms with Crippen molar-refractivity contribution in [1.29, 1.82) is 0 Å². The number of piperidine rings is 2. The van der Waals surface area contributed by atoms with Gasteiger partial charge in [0, 0.05) is 99.5 Å². The van der Waals surface area contributed by atoms with Gasteiger partial charge in [-0.1, -0.05) is 24.3 Å². The van der Waals surface area contributed by atoms with Crippen molar-refractivity contribution in [3.63, 3.8) is 0 Å². The molecule has 13 heteroatoms. The van der Waals surface area contributed by atoms with E-state index in [1.54, 1.807) is 4.90 Å². The molecule has 0 saturated carbocycles. The summed E-state index contributed by atoms with van der Waals surface area (Å²) in [6, 6.07) is 20.7. The van der Waals surface area contributed by atoms with Crippen LogP contribution in [0.15, 0.2) is 78.9 Å². The molecule has 4 aromatic carbocycles. The van der Waals surface area contributed by atoms with Crippen molar-refractivity contribution in [2.45, 2.75) is 62.4 Å². The minimum absolute atomic E-state index is 0.165. The van der Waals surface area contributed by atoms with Crippen molar-refractivity contribution in [3.8, 4) is 5.75 Å². The van der Waals surface area contributed by atoms with Crippen LogP contribution in [0, 0.1) is 17.6 Å². The Balaban J connectivity index is 0.803. The fourth-order valence-electron chi connectivity index (χ4n) is 9.90. The maximum atomic E-state index is 15.6. The Morgan fingerprint density at radius 2 is 1.45 bits per heavy atom. The van der Waals surface area contributed by atoms with Crippen LogP contribution in [0.25, 0.3) is 0 Å². The number of rotatable bonds is 7. The molecule has 9 nitrogen and oxygen atoms in total. The second-order valence-electron chi connectivity index (χ2n) is 16.5. The third-order valence-electron chi connectivity index (χ3n) is 13.0. The van der Waals surface area contributed by atoms with Crippen molar-refractivity contribution in [2.75, 3.05) is 55.6 Å². The van der Waals surface area contributed by atoms with Crippen LogP contribution in [0.4, 0.5) is 28.9 Å². The molecule has 0 bridgehead atoms. The number of nitrogens with zero attached hydrogens (tertiary/aromatic N) is 4. The molecule has 0 radical (unpaired) electrons. The zero-order valence-electron chi connectivity index (χ0n) is 32.0. The minimum atomic E-state index is -3.27. The molecule has 0 aromatic heterocycles. The van der Waals surface area contributed by atoms with Gasteiger partial charge in [-0.2, -0.15) is 0 Å². The molecule has 0 spiro atoms. The summed E-state index contributed by atoms with van der Waals surface area (Å²) in [6.07, 6.45) is 2.04. The van der Waals surface area contributed by atoms with Crippen molar-refractivity contribution in [2.24, 2.45) is 5.92 Å². The van der Waals surface area contributed by atoms with Gasteiger partial charge in [-0.25, -0.2) is 17.6 Å². The average molecular weight is 796 g/mol. The number of anilines is 2. The van der Waals surface area contributed by atoms with E-state index < -0.39 is 47.8 Å². The predicted molar refractivity (Wildman–Crippen MR) is 210 cm³/mol. The van der Waals surface area contributed by atoms with Crippen molar-refractivity contribution >= 4 is 29.1 Å². The third kappa shape index (κ3) is 7.18. The molecule has 3 amide bonds. The summed E-state index contributed by atoms with van der Waals surface area (Å²) in [5.41, 5.74) is 4.85. The van der Waals surface area contributed by atoms with Crippen molar-refractivity contribution in [3.05, 3.63) is 124 Å². The fraction of sp³-hybridized carbons (Fsp3) is 0.400. The molecule has 3 saturated heterocycles. The lowest BCUT2D eigenvalue weighted by Crippen LogP contribution is -2.52. The van der Waals surface area contributed by atoms with Crippen LogP contribution in [0.1, 0.15) is 82.1 Å². The molecule has 0 unspecified atom stereocenters. The smallest absolute Gasteiger partial charge is 0.274 e. The van der Waals surface area contributed by atoms with Gasteiger partial charge in [0.05, 0.1) is 0 Å². The molecule has 302 valence electrons. The molecular formula is C45H45F4N5O4. The lowest BCUT2D eigenvalue weighted by Gasteiger charge is -2.40. The molecule has 4 aliphatic heterocycles. The number of alkyl halides is 2. The van der Waals surface area contributed by atoms with Gasteiger partial charge in [-0.15, -0.1) is 0 Å². The second kappa shape index (κ2) is 15.1. The average Bonchev–Trinajstić information content (AvgIpc) is 3.54. The van der Waals surface area contributed by atoms with Gasteiger partial charge in [0.25, 0.3) is 11.8 Å². The second-order valence-corrected chi connectivity index (χ2v) is 16.5. The number of hydrogen-bond acceptors (Lipinski definition) is 7. The minimum Gasteiger partial charge on any atom is -0.508 e. The van der Waals surface area contributed by atoms with Gasteiger partial charge in [-0.05, 0) is 102 Å². The van der Waals surface area contributed by atoms with Crippen LogP contribution in [0.2, 0.25) is 0 Å². The Labute approximate surface area is 334 Å².